The van der Waals surface area contributed by atoms with Crippen molar-refractivity contribution in [1.29, 1.82) is 0 Å². The molecule has 0 spiro atoms. The van der Waals surface area contributed by atoms with Gasteiger partial charge in [-0.05, 0) is 154 Å². The zero-order valence-electron chi connectivity index (χ0n) is 38.2. The van der Waals surface area contributed by atoms with Gasteiger partial charge in [0.25, 0.3) is 0 Å². The summed E-state index contributed by atoms with van der Waals surface area (Å²) in [6.45, 7) is 9.38. The maximum Gasteiger partial charge on any atom is 0.227 e. The Labute approximate surface area is 395 Å². The third-order valence-corrected chi connectivity index (χ3v) is 14.3. The lowest BCUT2D eigenvalue weighted by Gasteiger charge is -2.43. The highest BCUT2D eigenvalue weighted by Crippen LogP contribution is 2.55. The summed E-state index contributed by atoms with van der Waals surface area (Å²) in [4.78, 5) is 14.3. The predicted octanol–water partition coefficient (Wildman–Crippen LogP) is 16.9. The summed E-state index contributed by atoms with van der Waals surface area (Å²) in [5.41, 5.74) is 21.5. The van der Waals surface area contributed by atoms with Gasteiger partial charge >= 0.3 is 0 Å². The summed E-state index contributed by atoms with van der Waals surface area (Å²) in [6.07, 6.45) is 0. The molecule has 11 aromatic rings. The fourth-order valence-electron chi connectivity index (χ4n) is 10.7. The van der Waals surface area contributed by atoms with Crippen LogP contribution in [0.25, 0.3) is 67.4 Å². The minimum Gasteiger partial charge on any atom is -0.436 e. The predicted molar refractivity (Wildman–Crippen MR) is 277 cm³/mol. The van der Waals surface area contributed by atoms with Gasteiger partial charge in [0.15, 0.2) is 11.2 Å². The Morgan fingerprint density at radius 3 is 1.07 bits per heavy atom. The topological polar surface area (TPSA) is 58.5 Å². The lowest BCUT2D eigenvalue weighted by molar-refractivity contribution is 0.619. The molecule has 2 aliphatic rings. The van der Waals surface area contributed by atoms with Gasteiger partial charge in [-0.25, -0.2) is 9.97 Å². The van der Waals surface area contributed by atoms with Crippen LogP contribution in [-0.4, -0.2) is 9.97 Å². The highest BCUT2D eigenvalue weighted by molar-refractivity contribution is 5.91. The van der Waals surface area contributed by atoms with Gasteiger partial charge in [0.2, 0.25) is 11.8 Å². The van der Waals surface area contributed by atoms with Gasteiger partial charge in [-0.2, -0.15) is 0 Å². The molecule has 9 aromatic carbocycles. The molecule has 6 nitrogen and oxygen atoms in total. The Bertz CT molecular complexity index is 3430. The first-order valence-corrected chi connectivity index (χ1v) is 23.3. The van der Waals surface area contributed by atoms with Crippen molar-refractivity contribution in [2.24, 2.45) is 0 Å². The summed E-state index contributed by atoms with van der Waals surface area (Å²) in [5.74, 6) is 1.26. The Hall–Kier alpha value is -8.48. The highest BCUT2D eigenvalue weighted by atomic mass is 16.4. The number of hydrogen-bond acceptors (Lipinski definition) is 6. The lowest BCUT2D eigenvalue weighted by Crippen LogP contribution is -2.31. The smallest absolute Gasteiger partial charge is 0.227 e. The number of aromatic nitrogens is 2. The molecule has 326 valence electrons. The maximum absolute atomic E-state index is 6.09. The first kappa shape index (κ1) is 39.8. The van der Waals surface area contributed by atoms with Crippen molar-refractivity contribution in [2.45, 2.75) is 38.5 Å². The summed E-state index contributed by atoms with van der Waals surface area (Å²) in [7, 11) is 0. The van der Waals surface area contributed by atoms with Gasteiger partial charge < -0.3 is 18.6 Å². The van der Waals surface area contributed by atoms with Gasteiger partial charge in [-0.15, -0.1) is 0 Å². The van der Waals surface area contributed by atoms with Gasteiger partial charge in [-0.3, -0.25) is 0 Å². The van der Waals surface area contributed by atoms with Crippen LogP contribution in [-0.2, 0) is 10.8 Å². The van der Waals surface area contributed by atoms with E-state index in [4.69, 9.17) is 18.8 Å². The Morgan fingerprint density at radius 2 is 0.662 bits per heavy atom. The van der Waals surface area contributed by atoms with Crippen molar-refractivity contribution in [3.8, 4) is 45.2 Å². The van der Waals surface area contributed by atoms with Crippen LogP contribution >= 0.6 is 0 Å². The van der Waals surface area contributed by atoms with E-state index in [0.29, 0.717) is 11.8 Å². The minimum absolute atomic E-state index is 0.239. The van der Waals surface area contributed by atoms with Crippen LogP contribution in [0.3, 0.4) is 0 Å². The molecule has 0 aliphatic carbocycles. The average molecular weight is 879 g/mol. The molecule has 0 saturated carbocycles. The van der Waals surface area contributed by atoms with Crippen LogP contribution in [0.5, 0.6) is 0 Å². The molecule has 0 saturated heterocycles. The minimum atomic E-state index is -0.239. The number of benzene rings is 9. The fraction of sp³-hybridized carbons (Fsp3) is 0.0968. The van der Waals surface area contributed by atoms with E-state index in [9.17, 15) is 0 Å². The molecule has 2 aromatic heterocycles. The average Bonchev–Trinajstić information content (AvgIpc) is 4.03. The van der Waals surface area contributed by atoms with Crippen molar-refractivity contribution >= 4 is 56.3 Å². The summed E-state index contributed by atoms with van der Waals surface area (Å²) < 4.78 is 12.2. The molecule has 0 fully saturated rings. The highest BCUT2D eigenvalue weighted by Gasteiger charge is 2.39. The number of nitrogens with zero attached hydrogens (tertiary/aromatic N) is 4. The van der Waals surface area contributed by atoms with Crippen molar-refractivity contribution in [3.05, 3.63) is 229 Å². The molecule has 0 bridgehead atoms. The number of hydrogen-bond donors (Lipinski definition) is 0. The standard InChI is InChI=1S/C62H46N4O2/c1-61(2)47-13-5-9-17-53(47)65(55-35-29-43(37-49(55)61)39-21-25-41(26-22-39)59-63-51-15-7-11-19-57(51)67-59)45-31-33-46(34-32-45)66-54-18-10-6-14-48(54)62(3,4)50-38-44(30-36-56(50)66)40-23-27-42(28-24-40)60-64-52-16-8-12-20-58(52)68-60/h5-38H,1-4H3. The Balaban J connectivity index is 0.848. The molecule has 68 heavy (non-hydrogen) atoms. The zero-order chi connectivity index (χ0) is 45.7. The van der Waals surface area contributed by atoms with Crippen LogP contribution in [0.2, 0.25) is 0 Å². The molecule has 4 heterocycles. The van der Waals surface area contributed by atoms with E-state index >= 15 is 0 Å². The summed E-state index contributed by atoms with van der Waals surface area (Å²) in [5, 5.41) is 0. The molecule has 0 N–H and O–H groups in total. The van der Waals surface area contributed by atoms with Crippen molar-refractivity contribution in [3.63, 3.8) is 0 Å². The van der Waals surface area contributed by atoms with Crippen molar-refractivity contribution in [1.82, 2.24) is 9.97 Å². The number of anilines is 6. The molecule has 13 rings (SSSR count). The number of fused-ring (bicyclic) bond motifs is 6. The Morgan fingerprint density at radius 1 is 0.324 bits per heavy atom. The van der Waals surface area contributed by atoms with E-state index in [1.807, 2.05) is 48.5 Å². The third-order valence-electron chi connectivity index (χ3n) is 14.3. The quantitative estimate of drug-likeness (QED) is 0.166. The monoisotopic (exact) mass is 878 g/mol. The first-order chi connectivity index (χ1) is 33.2. The number of rotatable bonds is 6. The lowest BCUT2D eigenvalue weighted by atomic mass is 9.72. The molecule has 0 amide bonds. The second-order valence-corrected chi connectivity index (χ2v) is 19.1. The second-order valence-electron chi connectivity index (χ2n) is 19.1. The largest absolute Gasteiger partial charge is 0.436 e. The van der Waals surface area contributed by atoms with E-state index in [1.165, 1.54) is 56.1 Å². The number of oxazole rings is 2. The second kappa shape index (κ2) is 15.0. The van der Waals surface area contributed by atoms with E-state index in [0.717, 1.165) is 55.8 Å². The molecule has 2 aliphatic heterocycles. The molecule has 6 heteroatoms. The van der Waals surface area contributed by atoms with E-state index < -0.39 is 0 Å². The van der Waals surface area contributed by atoms with Gasteiger partial charge in [0.1, 0.15) is 11.0 Å². The van der Waals surface area contributed by atoms with Crippen molar-refractivity contribution < 1.29 is 8.83 Å². The van der Waals surface area contributed by atoms with Gasteiger partial charge in [0.05, 0.1) is 22.7 Å². The van der Waals surface area contributed by atoms with Crippen LogP contribution in [0.15, 0.2) is 215 Å². The van der Waals surface area contributed by atoms with Gasteiger partial charge in [-0.1, -0.05) is 125 Å². The van der Waals surface area contributed by atoms with Crippen LogP contribution in [0.4, 0.5) is 34.1 Å². The normalized spacial score (nSPS) is 14.4. The fourth-order valence-corrected chi connectivity index (χ4v) is 10.7. The Kier molecular flexibility index (Phi) is 8.80. The number of para-hydroxylation sites is 6. The summed E-state index contributed by atoms with van der Waals surface area (Å²) in [6, 6.07) is 73.6. The van der Waals surface area contributed by atoms with E-state index in [1.54, 1.807) is 0 Å². The molecular weight excluding hydrogens is 833 g/mol. The molecule has 0 radical (unpaired) electrons. The zero-order valence-corrected chi connectivity index (χ0v) is 38.2. The summed E-state index contributed by atoms with van der Waals surface area (Å²) >= 11 is 0. The maximum atomic E-state index is 6.09. The van der Waals surface area contributed by atoms with Gasteiger partial charge in [0, 0.05) is 33.3 Å². The SMILES string of the molecule is CC1(C)c2ccccc2N(c2ccc(N3c4ccccc4C(C)(C)c4cc(-c5ccc(-c6nc7ccccc7o6)cc5)ccc43)cc2)c2ccc(-c3ccc(-c4nc5ccccc5o4)cc3)cc21. The molecule has 0 atom stereocenters. The van der Waals surface area contributed by atoms with Crippen LogP contribution < -0.4 is 9.80 Å². The third kappa shape index (κ3) is 6.25. The first-order valence-electron chi connectivity index (χ1n) is 23.3. The van der Waals surface area contributed by atoms with Crippen molar-refractivity contribution in [2.75, 3.05) is 9.80 Å². The molecular formula is C62H46N4O2. The van der Waals surface area contributed by atoms with E-state index in [2.05, 4.69) is 195 Å². The van der Waals surface area contributed by atoms with Crippen LogP contribution in [0.1, 0.15) is 49.9 Å². The molecule has 0 unspecified atom stereocenters. The van der Waals surface area contributed by atoms with Crippen LogP contribution in [0, 0.1) is 0 Å². The van der Waals surface area contributed by atoms with E-state index in [-0.39, 0.29) is 10.8 Å².